The lowest BCUT2D eigenvalue weighted by molar-refractivity contribution is -0.121. The van der Waals surface area contributed by atoms with E-state index in [1.165, 1.54) is 0 Å². The van der Waals surface area contributed by atoms with E-state index in [0.717, 1.165) is 11.3 Å². The maximum atomic E-state index is 11.9. The van der Waals surface area contributed by atoms with Crippen molar-refractivity contribution in [3.8, 4) is 5.75 Å². The summed E-state index contributed by atoms with van der Waals surface area (Å²) in [5.41, 5.74) is 1.03. The number of carbonyl (C=O) groups is 1. The number of nitrogens with one attached hydrogen (secondary N) is 2. The van der Waals surface area contributed by atoms with E-state index >= 15 is 0 Å². The predicted octanol–water partition coefficient (Wildman–Crippen LogP) is 2.65. The van der Waals surface area contributed by atoms with Crippen LogP contribution in [0, 0.1) is 0 Å². The number of amides is 1. The highest BCUT2D eigenvalue weighted by Crippen LogP contribution is 2.24. The summed E-state index contributed by atoms with van der Waals surface area (Å²) in [5, 5.41) is 6.30. The van der Waals surface area contributed by atoms with Gasteiger partial charge in [-0.2, -0.15) is 0 Å². The number of methoxy groups -OCH3 is 1. The van der Waals surface area contributed by atoms with Crippen LogP contribution in [0.2, 0.25) is 0 Å². The first-order valence-electron chi connectivity index (χ1n) is 7.01. The van der Waals surface area contributed by atoms with Crippen LogP contribution in [0.25, 0.3) is 0 Å². The molecule has 0 aromatic heterocycles. The molecule has 0 saturated heterocycles. The summed E-state index contributed by atoms with van der Waals surface area (Å²) in [5.74, 6) is 0.841. The number of rotatable bonds is 6. The van der Waals surface area contributed by atoms with Crippen molar-refractivity contribution in [3.63, 3.8) is 0 Å². The van der Waals surface area contributed by atoms with Crippen molar-refractivity contribution in [1.29, 1.82) is 0 Å². The third kappa shape index (κ3) is 5.61. The van der Waals surface area contributed by atoms with Crippen molar-refractivity contribution in [2.45, 2.75) is 45.7 Å². The summed E-state index contributed by atoms with van der Waals surface area (Å²) in [4.78, 5) is 11.9. The average molecular weight is 278 g/mol. The van der Waals surface area contributed by atoms with E-state index in [1.807, 2.05) is 31.2 Å². The molecule has 0 spiro atoms. The molecule has 1 amide bonds. The average Bonchev–Trinajstić information content (AvgIpc) is 2.37. The SMILES string of the molecule is COc1ccccc1C(C)NC(=O)CCNC(C)(C)C. The molecule has 0 radical (unpaired) electrons. The van der Waals surface area contributed by atoms with Gasteiger partial charge in [0.25, 0.3) is 0 Å². The molecular formula is C16H26N2O2. The van der Waals surface area contributed by atoms with Gasteiger partial charge in [-0.3, -0.25) is 4.79 Å². The Morgan fingerprint density at radius 1 is 1.30 bits per heavy atom. The molecule has 1 aromatic rings. The van der Waals surface area contributed by atoms with Crippen molar-refractivity contribution >= 4 is 5.91 Å². The first kappa shape index (κ1) is 16.5. The van der Waals surface area contributed by atoms with Gasteiger partial charge in [0.1, 0.15) is 5.75 Å². The monoisotopic (exact) mass is 278 g/mol. The van der Waals surface area contributed by atoms with Crippen molar-refractivity contribution in [2.75, 3.05) is 13.7 Å². The molecule has 112 valence electrons. The predicted molar refractivity (Wildman–Crippen MR) is 81.9 cm³/mol. The summed E-state index contributed by atoms with van der Waals surface area (Å²) in [6, 6.07) is 7.68. The second-order valence-electron chi connectivity index (χ2n) is 5.96. The molecule has 0 aliphatic carbocycles. The number of benzene rings is 1. The topological polar surface area (TPSA) is 50.4 Å². The molecule has 1 atom stereocenters. The lowest BCUT2D eigenvalue weighted by Crippen LogP contribution is -2.38. The van der Waals surface area contributed by atoms with Gasteiger partial charge in [0.2, 0.25) is 5.91 Å². The molecule has 1 aromatic carbocycles. The van der Waals surface area contributed by atoms with Crippen LogP contribution < -0.4 is 15.4 Å². The normalized spacial score (nSPS) is 12.8. The van der Waals surface area contributed by atoms with Gasteiger partial charge >= 0.3 is 0 Å². The third-order valence-electron chi connectivity index (χ3n) is 2.99. The first-order valence-corrected chi connectivity index (χ1v) is 7.01. The minimum Gasteiger partial charge on any atom is -0.496 e. The van der Waals surface area contributed by atoms with Crippen LogP contribution in [0.4, 0.5) is 0 Å². The van der Waals surface area contributed by atoms with Crippen molar-refractivity contribution in [1.82, 2.24) is 10.6 Å². The minimum atomic E-state index is -0.0618. The maximum absolute atomic E-state index is 11.9. The largest absolute Gasteiger partial charge is 0.496 e. The van der Waals surface area contributed by atoms with Gasteiger partial charge in [0.05, 0.1) is 13.2 Å². The molecule has 4 nitrogen and oxygen atoms in total. The number of carbonyl (C=O) groups excluding carboxylic acids is 1. The lowest BCUT2D eigenvalue weighted by atomic mass is 10.1. The Morgan fingerprint density at radius 3 is 2.55 bits per heavy atom. The molecule has 0 bridgehead atoms. The molecule has 2 N–H and O–H groups in total. The van der Waals surface area contributed by atoms with Crippen LogP contribution in [-0.4, -0.2) is 25.1 Å². The zero-order chi connectivity index (χ0) is 15.2. The van der Waals surface area contributed by atoms with Crippen molar-refractivity contribution in [2.24, 2.45) is 0 Å². The fourth-order valence-electron chi connectivity index (χ4n) is 1.97. The summed E-state index contributed by atoms with van der Waals surface area (Å²) in [6.07, 6.45) is 0.469. The Kier molecular flexibility index (Phi) is 6.02. The van der Waals surface area contributed by atoms with E-state index in [-0.39, 0.29) is 17.5 Å². The summed E-state index contributed by atoms with van der Waals surface area (Å²) >= 11 is 0. The van der Waals surface area contributed by atoms with Crippen LogP contribution in [-0.2, 0) is 4.79 Å². The van der Waals surface area contributed by atoms with Crippen molar-refractivity contribution < 1.29 is 9.53 Å². The van der Waals surface area contributed by atoms with Crippen molar-refractivity contribution in [3.05, 3.63) is 29.8 Å². The molecule has 1 unspecified atom stereocenters. The van der Waals surface area contributed by atoms with E-state index in [9.17, 15) is 4.79 Å². The highest BCUT2D eigenvalue weighted by molar-refractivity contribution is 5.76. The maximum Gasteiger partial charge on any atom is 0.221 e. The quantitative estimate of drug-likeness (QED) is 0.841. The highest BCUT2D eigenvalue weighted by atomic mass is 16.5. The zero-order valence-corrected chi connectivity index (χ0v) is 13.1. The summed E-state index contributed by atoms with van der Waals surface area (Å²) < 4.78 is 5.31. The minimum absolute atomic E-state index is 0.0363. The lowest BCUT2D eigenvalue weighted by Gasteiger charge is -2.21. The zero-order valence-electron chi connectivity index (χ0n) is 13.1. The Hall–Kier alpha value is -1.55. The molecule has 0 heterocycles. The Bertz CT molecular complexity index is 438. The van der Waals surface area contributed by atoms with Crippen LogP contribution >= 0.6 is 0 Å². The van der Waals surface area contributed by atoms with Gasteiger partial charge in [-0.1, -0.05) is 18.2 Å². The molecule has 0 fully saturated rings. The van der Waals surface area contributed by atoms with Gasteiger partial charge in [0, 0.05) is 24.1 Å². The Balaban J connectivity index is 2.49. The van der Waals surface area contributed by atoms with E-state index in [0.29, 0.717) is 13.0 Å². The number of hydrogen-bond donors (Lipinski definition) is 2. The van der Waals surface area contributed by atoms with Crippen LogP contribution in [0.1, 0.15) is 45.7 Å². The van der Waals surface area contributed by atoms with Gasteiger partial charge in [-0.25, -0.2) is 0 Å². The fraction of sp³-hybridized carbons (Fsp3) is 0.562. The van der Waals surface area contributed by atoms with Crippen LogP contribution in [0.3, 0.4) is 0 Å². The molecule has 0 aliphatic heterocycles. The van der Waals surface area contributed by atoms with Crippen LogP contribution in [0.15, 0.2) is 24.3 Å². The smallest absolute Gasteiger partial charge is 0.221 e. The standard InChI is InChI=1S/C16H26N2O2/c1-12(13-8-6-7-9-14(13)20-5)18-15(19)10-11-17-16(2,3)4/h6-9,12,17H,10-11H2,1-5H3,(H,18,19). The van der Waals surface area contributed by atoms with Crippen LogP contribution in [0.5, 0.6) is 5.75 Å². The second kappa shape index (κ2) is 7.29. The molecule has 1 rings (SSSR count). The molecule has 20 heavy (non-hydrogen) atoms. The van der Waals surface area contributed by atoms with Gasteiger partial charge in [-0.15, -0.1) is 0 Å². The first-order chi connectivity index (χ1) is 9.33. The third-order valence-corrected chi connectivity index (χ3v) is 2.99. The van der Waals surface area contributed by atoms with Gasteiger partial charge in [0.15, 0.2) is 0 Å². The van der Waals surface area contributed by atoms with E-state index in [4.69, 9.17) is 4.74 Å². The Morgan fingerprint density at radius 2 is 1.95 bits per heavy atom. The highest BCUT2D eigenvalue weighted by Gasteiger charge is 2.14. The summed E-state index contributed by atoms with van der Waals surface area (Å²) in [6.45, 7) is 8.90. The number of para-hydroxylation sites is 1. The Labute approximate surface area is 121 Å². The number of hydrogen-bond acceptors (Lipinski definition) is 3. The number of ether oxygens (including phenoxy) is 1. The van der Waals surface area contributed by atoms with E-state index in [2.05, 4.69) is 31.4 Å². The van der Waals surface area contributed by atoms with E-state index in [1.54, 1.807) is 7.11 Å². The molecule has 4 heteroatoms. The van der Waals surface area contributed by atoms with Gasteiger partial charge in [-0.05, 0) is 33.8 Å². The fourth-order valence-corrected chi connectivity index (χ4v) is 1.97. The van der Waals surface area contributed by atoms with E-state index < -0.39 is 0 Å². The van der Waals surface area contributed by atoms with Gasteiger partial charge < -0.3 is 15.4 Å². The summed E-state index contributed by atoms with van der Waals surface area (Å²) in [7, 11) is 1.64. The molecule has 0 saturated carbocycles. The molecule has 0 aliphatic rings. The second-order valence-corrected chi connectivity index (χ2v) is 5.96. The molecular weight excluding hydrogens is 252 g/mol.